The number of ketones is 3. The highest BCUT2D eigenvalue weighted by Crippen LogP contribution is 2.69. The van der Waals surface area contributed by atoms with Gasteiger partial charge in [-0.25, -0.2) is 14.4 Å². The summed E-state index contributed by atoms with van der Waals surface area (Å²) in [4.78, 5) is 169. The summed E-state index contributed by atoms with van der Waals surface area (Å²) in [5.41, 5.74) is 0.188. The molecule has 10 aliphatic rings. The molecule has 6 heterocycles. The van der Waals surface area contributed by atoms with Crippen molar-refractivity contribution in [3.8, 4) is 11.1 Å². The van der Waals surface area contributed by atoms with Crippen molar-refractivity contribution < 1.29 is 149 Å². The molecule has 7 aliphatic carbocycles. The summed E-state index contributed by atoms with van der Waals surface area (Å²) in [6.07, 6.45) is -7.89. The van der Waals surface area contributed by atoms with E-state index in [2.05, 4.69) is 14.8 Å². The number of cyclic esters (lactones) is 3. The zero-order chi connectivity index (χ0) is 84.6. The van der Waals surface area contributed by atoms with Crippen molar-refractivity contribution in [3.05, 3.63) is 132 Å². The second-order valence-electron chi connectivity index (χ2n) is 33.7. The minimum atomic E-state index is -5.30. The Hall–Kier alpha value is -10.6. The molecule has 3 aromatic heterocycles. The number of furan rings is 3. The number of nitrogens with one attached hydrogen (secondary N) is 1. The van der Waals surface area contributed by atoms with Crippen LogP contribution in [0.1, 0.15) is 171 Å². The van der Waals surface area contributed by atoms with Crippen LogP contribution in [-0.4, -0.2) is 142 Å². The van der Waals surface area contributed by atoms with Gasteiger partial charge in [0.2, 0.25) is 0 Å². The van der Waals surface area contributed by atoms with Gasteiger partial charge in [0.1, 0.15) is 31.5 Å². The molecule has 3 saturated heterocycles. The minimum absolute atomic E-state index is 0.0639. The number of esters is 9. The van der Waals surface area contributed by atoms with Gasteiger partial charge < -0.3 is 65.9 Å². The number of carbonyl (C=O) groups excluding carboxylic acids is 13. The fraction of sp³-hybridized carbons (Fsp3) is 0.560. The second-order valence-corrected chi connectivity index (χ2v) is 33.7. The lowest BCUT2D eigenvalue weighted by Crippen LogP contribution is -2.65. The van der Waals surface area contributed by atoms with Crippen molar-refractivity contribution in [2.75, 3.05) is 34.5 Å². The fourth-order valence-corrected chi connectivity index (χ4v) is 22.2. The zero-order valence-corrected chi connectivity index (χ0v) is 65.3. The third-order valence-electron chi connectivity index (χ3n) is 27.5. The number of carbonyl (C=O) groups is 13. The first-order valence-corrected chi connectivity index (χ1v) is 38.6. The van der Waals surface area contributed by atoms with Crippen molar-refractivity contribution >= 4 is 77.2 Å². The van der Waals surface area contributed by atoms with E-state index < -0.39 is 225 Å². The van der Waals surface area contributed by atoms with Gasteiger partial charge in [0.15, 0.2) is 35.7 Å². The van der Waals surface area contributed by atoms with Gasteiger partial charge in [0.25, 0.3) is 0 Å². The van der Waals surface area contributed by atoms with Crippen LogP contribution < -0.4 is 5.32 Å². The lowest BCUT2D eigenvalue weighted by Gasteiger charge is -2.61. The Morgan fingerprint density at radius 2 is 0.761 bits per heavy atom. The van der Waals surface area contributed by atoms with Gasteiger partial charge in [-0.3, -0.25) is 47.9 Å². The van der Waals surface area contributed by atoms with Crippen LogP contribution in [0.25, 0.3) is 11.1 Å². The maximum atomic E-state index is 14.4. The summed E-state index contributed by atoms with van der Waals surface area (Å²) in [6.45, 7) is 10.2. The lowest BCUT2D eigenvalue weighted by atomic mass is 9.43. The van der Waals surface area contributed by atoms with Gasteiger partial charge in [-0.15, -0.1) is 0 Å². The number of benzene rings is 2. The molecule has 1 amide bonds. The van der Waals surface area contributed by atoms with Crippen LogP contribution in [0, 0.1) is 85.8 Å². The van der Waals surface area contributed by atoms with Crippen LogP contribution in [-0.2, 0) is 105 Å². The van der Waals surface area contributed by atoms with E-state index in [1.54, 1.807) is 45.9 Å². The van der Waals surface area contributed by atoms with Crippen molar-refractivity contribution in [2.24, 2.45) is 85.8 Å². The number of rotatable bonds is 13. The molecule has 117 heavy (non-hydrogen) atoms. The van der Waals surface area contributed by atoms with Crippen LogP contribution in [0.5, 0.6) is 0 Å². The van der Waals surface area contributed by atoms with Crippen molar-refractivity contribution in [3.63, 3.8) is 0 Å². The number of alkyl halides is 6. The Bertz CT molecular complexity index is 4500. The first-order chi connectivity index (χ1) is 55.2. The molecule has 27 nitrogen and oxygen atoms in total. The third kappa shape index (κ3) is 15.1. The molecule has 0 spiro atoms. The Balaban J connectivity index is 0.000000157. The molecule has 3 unspecified atom stereocenters. The lowest BCUT2D eigenvalue weighted by molar-refractivity contribution is -0.222. The smallest absolute Gasteiger partial charge is 0.472 e. The standard InChI is InChI=1S/C38H39NO10.2C23H25F3O8/c1-37-14-12-27-35(43)49-30(21-13-15-46-19-21)17-38(27,2)33(37)32(41)29(16-28(37)34(42)45-3)48-31(40)18-39-36(44)47-20-26-24-10-6-4-8-22(24)23-9-5-7-11-25(23)26;2*1-21-6-4-12-19(29)33-15(11-5-7-32-10-11)9-22(12,2)17(21)16(27)14(8-13(21)18(28)31-3)34-20(30)23(24,25)26/h4-11,13,15,19,26-30,33H,12,14,16-18,20H2,1-3H3,(H,39,44);2*5,7,10,12-15,17H,4,6,8-9H2,1-3H3/t27-,28-,29-,30-,33?,37-,38-;12-,13+,14+,15+,17?,21+,22+;12-,13-,14-,15-,17?,21-,22-/m010/s1. The normalized spacial score (nSPS) is 34.6. The molecule has 628 valence electrons. The van der Waals surface area contributed by atoms with E-state index >= 15 is 0 Å². The molecule has 6 saturated carbocycles. The largest absolute Gasteiger partial charge is 0.490 e. The number of fused-ring (bicyclic) bond motifs is 12. The van der Waals surface area contributed by atoms with Crippen molar-refractivity contribution in [2.45, 2.75) is 173 Å². The average Bonchev–Trinajstić information content (AvgIpc) is 0.862. The molecule has 5 aromatic rings. The topological polar surface area (TPSA) is 366 Å². The number of Topliss-reactive ketones (excluding diaryl/α,β-unsaturated/α-hetero) is 3. The fourth-order valence-electron chi connectivity index (χ4n) is 22.2. The maximum absolute atomic E-state index is 14.4. The first-order valence-electron chi connectivity index (χ1n) is 38.6. The Morgan fingerprint density at radius 3 is 1.06 bits per heavy atom. The summed E-state index contributed by atoms with van der Waals surface area (Å²) in [5, 5.41) is 2.44. The molecule has 3 aliphatic heterocycles. The molecular weight excluding hydrogens is 1550 g/mol. The number of amides is 1. The van der Waals surface area contributed by atoms with Gasteiger partial charge in [-0.1, -0.05) is 90.1 Å². The Labute approximate surface area is 666 Å². The minimum Gasteiger partial charge on any atom is -0.472 e. The summed E-state index contributed by atoms with van der Waals surface area (Å²) in [7, 11) is 3.58. The summed E-state index contributed by atoms with van der Waals surface area (Å²) in [6, 6.07) is 20.9. The molecular formula is C84H89F6NO26. The zero-order valence-electron chi connectivity index (χ0n) is 65.3. The van der Waals surface area contributed by atoms with Crippen molar-refractivity contribution in [1.82, 2.24) is 5.32 Å². The highest BCUT2D eigenvalue weighted by atomic mass is 19.4. The second kappa shape index (κ2) is 31.7. The maximum Gasteiger partial charge on any atom is 0.490 e. The SMILES string of the molecule is COC(=O)[C@@H]1C[C@H](OC(=O)C(F)(F)F)C(=O)C2[C@@]1(C)CC[C@H]1C(=O)O[C@H](c3ccoc3)C[C@]21C.COC(=O)[C@@H]1C[C@H](OC(=O)C(F)(F)F)C(=O)C2[C@@]3(C)C[C@@H](c4ccoc4)OC(=O)[C@H]3CC[C@]21C.COC(=O)[C@@H]1C[C@H](OC(=O)CNC(=O)OCC2c3ccccc3-c3ccccc32)C(=O)C2[C@@]1(C)CC[C@H]1C(=O)O[C@H](c3ccoc3)C[C@]21C. The van der Waals surface area contributed by atoms with E-state index in [-0.39, 0.29) is 50.4 Å². The number of hydrogen-bond acceptors (Lipinski definition) is 26. The quantitative estimate of drug-likeness (QED) is 0.0650. The molecule has 2 aromatic carbocycles. The third-order valence-corrected chi connectivity index (χ3v) is 27.5. The highest BCUT2D eigenvalue weighted by molar-refractivity contribution is 5.96. The number of halogens is 6. The van der Waals surface area contributed by atoms with Gasteiger partial charge in [0, 0.05) is 59.6 Å². The Morgan fingerprint density at radius 1 is 0.444 bits per heavy atom. The monoisotopic (exact) mass is 1640 g/mol. The first kappa shape index (κ1) is 84.3. The molecule has 0 radical (unpaired) electrons. The molecule has 15 rings (SSSR count). The van der Waals surface area contributed by atoms with E-state index in [1.807, 2.05) is 62.4 Å². The summed E-state index contributed by atoms with van der Waals surface area (Å²) < 4.78 is 145. The molecule has 21 atom stereocenters. The molecule has 0 bridgehead atoms. The van der Waals surface area contributed by atoms with Gasteiger partial charge in [0.05, 0.1) is 94.4 Å². The van der Waals surface area contributed by atoms with Crippen LogP contribution in [0.3, 0.4) is 0 Å². The Kier molecular flexibility index (Phi) is 22.8. The van der Waals surface area contributed by atoms with E-state index in [1.165, 1.54) is 44.7 Å². The number of hydrogen-bond donors (Lipinski definition) is 1. The van der Waals surface area contributed by atoms with Gasteiger partial charge in [-0.2, -0.15) is 26.3 Å². The van der Waals surface area contributed by atoms with E-state index in [4.69, 9.17) is 51.1 Å². The van der Waals surface area contributed by atoms with E-state index in [9.17, 15) is 88.7 Å². The summed E-state index contributed by atoms with van der Waals surface area (Å²) >= 11 is 0. The summed E-state index contributed by atoms with van der Waals surface area (Å²) in [5.74, 6) is -18.9. The molecule has 1 N–H and O–H groups in total. The molecule has 33 heteroatoms. The number of ether oxygens (including phenoxy) is 10. The predicted molar refractivity (Wildman–Crippen MR) is 384 cm³/mol. The van der Waals surface area contributed by atoms with Gasteiger partial charge in [-0.05, 0) is 131 Å². The number of methoxy groups -OCH3 is 3. The predicted octanol–water partition coefficient (Wildman–Crippen LogP) is 12.6. The molecule has 9 fully saturated rings. The van der Waals surface area contributed by atoms with Gasteiger partial charge >= 0.3 is 72.2 Å². The average molecular weight is 1640 g/mol. The van der Waals surface area contributed by atoms with E-state index in [0.717, 1.165) is 36.5 Å². The van der Waals surface area contributed by atoms with Crippen LogP contribution in [0.4, 0.5) is 31.1 Å². The highest BCUT2D eigenvalue weighted by Gasteiger charge is 2.72. The van der Waals surface area contributed by atoms with E-state index in [0.29, 0.717) is 48.8 Å². The number of alkyl carbamates (subject to hydrolysis) is 1. The van der Waals surface area contributed by atoms with Crippen LogP contribution in [0.2, 0.25) is 0 Å². The van der Waals surface area contributed by atoms with Crippen LogP contribution in [0.15, 0.2) is 118 Å². The van der Waals surface area contributed by atoms with Crippen molar-refractivity contribution in [1.29, 1.82) is 0 Å². The van der Waals surface area contributed by atoms with Crippen LogP contribution >= 0.6 is 0 Å².